The Balaban J connectivity index is 1.68. The van der Waals surface area contributed by atoms with Crippen molar-refractivity contribution in [2.45, 2.75) is 26.3 Å². The van der Waals surface area contributed by atoms with E-state index in [0.29, 0.717) is 0 Å². The fourth-order valence-corrected chi connectivity index (χ4v) is 3.26. The van der Waals surface area contributed by atoms with Crippen LogP contribution in [0.2, 0.25) is 0 Å². The SMILES string of the molecule is CC(CNCc1ccc(Br)c(Br)c1)CN1CCCC1. The number of nitrogens with one attached hydrogen (secondary N) is 1. The third-order valence-electron chi connectivity index (χ3n) is 3.57. The molecule has 0 aromatic heterocycles. The minimum atomic E-state index is 0.719. The molecule has 0 amide bonds. The van der Waals surface area contributed by atoms with Gasteiger partial charge >= 0.3 is 0 Å². The van der Waals surface area contributed by atoms with Gasteiger partial charge in [-0.2, -0.15) is 0 Å². The summed E-state index contributed by atoms with van der Waals surface area (Å²) in [7, 11) is 0. The highest BCUT2D eigenvalue weighted by molar-refractivity contribution is 9.13. The normalized spacial score (nSPS) is 17.8. The van der Waals surface area contributed by atoms with Gasteiger partial charge in [0.15, 0.2) is 0 Å². The van der Waals surface area contributed by atoms with E-state index in [1.165, 1.54) is 38.0 Å². The lowest BCUT2D eigenvalue weighted by Gasteiger charge is -2.20. The molecule has 2 rings (SSSR count). The van der Waals surface area contributed by atoms with Gasteiger partial charge in [0.1, 0.15) is 0 Å². The van der Waals surface area contributed by atoms with Crippen molar-refractivity contribution >= 4 is 31.9 Å². The molecule has 1 unspecified atom stereocenters. The standard InChI is InChI=1S/C15H22Br2N2/c1-12(11-19-6-2-3-7-19)9-18-10-13-4-5-14(16)15(17)8-13/h4-5,8,12,18H,2-3,6-7,9-11H2,1H3. The van der Waals surface area contributed by atoms with E-state index in [2.05, 4.69) is 67.2 Å². The van der Waals surface area contributed by atoms with Crippen molar-refractivity contribution in [2.24, 2.45) is 5.92 Å². The average molecular weight is 390 g/mol. The van der Waals surface area contributed by atoms with Crippen LogP contribution >= 0.6 is 31.9 Å². The molecule has 106 valence electrons. The third-order valence-corrected chi connectivity index (χ3v) is 5.45. The Labute approximate surface area is 133 Å². The van der Waals surface area contributed by atoms with Crippen molar-refractivity contribution in [1.82, 2.24) is 10.2 Å². The van der Waals surface area contributed by atoms with E-state index in [9.17, 15) is 0 Å². The molecule has 0 spiro atoms. The average Bonchev–Trinajstić information content (AvgIpc) is 2.86. The molecule has 19 heavy (non-hydrogen) atoms. The molecule has 1 atom stereocenters. The summed E-state index contributed by atoms with van der Waals surface area (Å²) in [5.41, 5.74) is 1.32. The number of rotatable bonds is 6. The van der Waals surface area contributed by atoms with Crippen LogP contribution in [0.4, 0.5) is 0 Å². The van der Waals surface area contributed by atoms with Crippen LogP contribution in [0.15, 0.2) is 27.1 Å². The van der Waals surface area contributed by atoms with Crippen LogP contribution in [0, 0.1) is 5.92 Å². The summed E-state index contributed by atoms with van der Waals surface area (Å²) in [4.78, 5) is 2.59. The second-order valence-corrected chi connectivity index (χ2v) is 7.20. The van der Waals surface area contributed by atoms with Gasteiger partial charge in [-0.25, -0.2) is 0 Å². The quantitative estimate of drug-likeness (QED) is 0.789. The molecule has 0 bridgehead atoms. The summed E-state index contributed by atoms with van der Waals surface area (Å²) >= 11 is 7.04. The Kier molecular flexibility index (Phi) is 6.33. The maximum Gasteiger partial charge on any atom is 0.0320 e. The Hall–Kier alpha value is 0.1000. The minimum Gasteiger partial charge on any atom is -0.312 e. The summed E-state index contributed by atoms with van der Waals surface area (Å²) in [6.45, 7) is 8.19. The van der Waals surface area contributed by atoms with Crippen LogP contribution in [-0.2, 0) is 6.54 Å². The fraction of sp³-hybridized carbons (Fsp3) is 0.600. The lowest BCUT2D eigenvalue weighted by Crippen LogP contribution is -2.31. The van der Waals surface area contributed by atoms with E-state index in [4.69, 9.17) is 0 Å². The van der Waals surface area contributed by atoms with Crippen LogP contribution in [0.3, 0.4) is 0 Å². The lowest BCUT2D eigenvalue weighted by molar-refractivity contribution is 0.282. The van der Waals surface area contributed by atoms with Crippen LogP contribution < -0.4 is 5.32 Å². The number of nitrogens with zero attached hydrogens (tertiary/aromatic N) is 1. The Morgan fingerprint density at radius 1 is 1.21 bits per heavy atom. The lowest BCUT2D eigenvalue weighted by atomic mass is 10.1. The van der Waals surface area contributed by atoms with Crippen molar-refractivity contribution in [3.05, 3.63) is 32.7 Å². The Morgan fingerprint density at radius 3 is 2.63 bits per heavy atom. The van der Waals surface area contributed by atoms with Gasteiger partial charge in [-0.05, 0) is 87.9 Å². The molecule has 1 fully saturated rings. The topological polar surface area (TPSA) is 15.3 Å². The van der Waals surface area contributed by atoms with Gasteiger partial charge in [0.05, 0.1) is 0 Å². The molecule has 1 aromatic rings. The Morgan fingerprint density at radius 2 is 1.95 bits per heavy atom. The highest BCUT2D eigenvalue weighted by Crippen LogP contribution is 2.23. The summed E-state index contributed by atoms with van der Waals surface area (Å²) in [6.07, 6.45) is 2.76. The number of halogens is 2. The summed E-state index contributed by atoms with van der Waals surface area (Å²) in [6, 6.07) is 6.42. The van der Waals surface area contributed by atoms with E-state index < -0.39 is 0 Å². The summed E-state index contributed by atoms with van der Waals surface area (Å²) in [5, 5.41) is 3.56. The van der Waals surface area contributed by atoms with Gasteiger partial charge in [-0.3, -0.25) is 0 Å². The largest absolute Gasteiger partial charge is 0.312 e. The van der Waals surface area contributed by atoms with E-state index in [-0.39, 0.29) is 0 Å². The molecule has 0 aliphatic carbocycles. The molecule has 2 nitrogen and oxygen atoms in total. The zero-order chi connectivity index (χ0) is 13.7. The van der Waals surface area contributed by atoms with Gasteiger partial charge in [-0.15, -0.1) is 0 Å². The zero-order valence-electron chi connectivity index (χ0n) is 11.5. The molecule has 1 N–H and O–H groups in total. The molecular weight excluding hydrogens is 368 g/mol. The van der Waals surface area contributed by atoms with Crippen LogP contribution in [0.25, 0.3) is 0 Å². The van der Waals surface area contributed by atoms with E-state index in [1.807, 2.05) is 0 Å². The van der Waals surface area contributed by atoms with Crippen molar-refractivity contribution in [3.8, 4) is 0 Å². The second kappa shape index (κ2) is 7.77. The maximum absolute atomic E-state index is 3.56. The molecule has 1 saturated heterocycles. The first-order valence-corrected chi connectivity index (χ1v) is 8.61. The molecule has 0 radical (unpaired) electrons. The van der Waals surface area contributed by atoms with Crippen LogP contribution in [0.1, 0.15) is 25.3 Å². The van der Waals surface area contributed by atoms with Gasteiger partial charge in [0, 0.05) is 22.0 Å². The summed E-state index contributed by atoms with van der Waals surface area (Å²) in [5.74, 6) is 0.719. The first kappa shape index (κ1) is 15.5. The summed E-state index contributed by atoms with van der Waals surface area (Å²) < 4.78 is 2.23. The Bertz CT molecular complexity index is 403. The number of hydrogen-bond acceptors (Lipinski definition) is 2. The molecular formula is C15H22Br2N2. The van der Waals surface area contributed by atoms with Crippen molar-refractivity contribution in [2.75, 3.05) is 26.2 Å². The zero-order valence-corrected chi connectivity index (χ0v) is 14.6. The van der Waals surface area contributed by atoms with Gasteiger partial charge < -0.3 is 10.2 Å². The highest BCUT2D eigenvalue weighted by atomic mass is 79.9. The maximum atomic E-state index is 3.56. The highest BCUT2D eigenvalue weighted by Gasteiger charge is 2.14. The smallest absolute Gasteiger partial charge is 0.0320 e. The molecule has 1 aromatic carbocycles. The molecule has 1 aliphatic heterocycles. The molecule has 1 heterocycles. The van der Waals surface area contributed by atoms with E-state index in [1.54, 1.807) is 0 Å². The number of benzene rings is 1. The van der Waals surface area contributed by atoms with Crippen molar-refractivity contribution in [1.29, 1.82) is 0 Å². The van der Waals surface area contributed by atoms with Crippen molar-refractivity contribution in [3.63, 3.8) is 0 Å². The number of hydrogen-bond donors (Lipinski definition) is 1. The van der Waals surface area contributed by atoms with Gasteiger partial charge in [0.2, 0.25) is 0 Å². The monoisotopic (exact) mass is 388 g/mol. The molecule has 0 saturated carbocycles. The molecule has 1 aliphatic rings. The van der Waals surface area contributed by atoms with E-state index >= 15 is 0 Å². The predicted molar refractivity (Wildman–Crippen MR) is 88.4 cm³/mol. The minimum absolute atomic E-state index is 0.719. The third kappa shape index (κ3) is 5.18. The van der Waals surface area contributed by atoms with Crippen molar-refractivity contribution < 1.29 is 0 Å². The van der Waals surface area contributed by atoms with Gasteiger partial charge in [0.25, 0.3) is 0 Å². The van der Waals surface area contributed by atoms with Crippen LogP contribution in [-0.4, -0.2) is 31.1 Å². The second-order valence-electron chi connectivity index (χ2n) is 5.49. The first-order valence-electron chi connectivity index (χ1n) is 7.02. The predicted octanol–water partition coefficient (Wildman–Crippen LogP) is 4.03. The molecule has 4 heteroatoms. The van der Waals surface area contributed by atoms with Gasteiger partial charge in [-0.1, -0.05) is 13.0 Å². The first-order chi connectivity index (χ1) is 9.15. The number of likely N-dealkylation sites (tertiary alicyclic amines) is 1. The van der Waals surface area contributed by atoms with E-state index in [0.717, 1.165) is 28.0 Å². The van der Waals surface area contributed by atoms with Crippen LogP contribution in [0.5, 0.6) is 0 Å². The fourth-order valence-electron chi connectivity index (χ4n) is 2.58.